The molecule has 0 saturated heterocycles. The van der Waals surface area contributed by atoms with Crippen LogP contribution >= 0.6 is 11.6 Å². The van der Waals surface area contributed by atoms with E-state index in [2.05, 4.69) is 0 Å². The van der Waals surface area contributed by atoms with E-state index in [1.54, 1.807) is 19.2 Å². The SMILES string of the molecule is COc1ccc(-c2cc(=O)n3c4ccccc4n(Cc4c(F)cccc4Cl)c3n2)cc1. The first-order valence-corrected chi connectivity index (χ1v) is 10.0. The van der Waals surface area contributed by atoms with Crippen molar-refractivity contribution in [2.45, 2.75) is 6.54 Å². The predicted octanol–water partition coefficient (Wildman–Crippen LogP) is 5.17. The first kappa shape index (κ1) is 19.3. The second kappa shape index (κ2) is 7.56. The molecule has 0 aliphatic heterocycles. The van der Waals surface area contributed by atoms with Gasteiger partial charge in [0.1, 0.15) is 11.6 Å². The second-order valence-corrected chi connectivity index (χ2v) is 7.53. The molecule has 5 rings (SSSR count). The molecule has 0 fully saturated rings. The maximum absolute atomic E-state index is 14.5. The molecular weight excluding hydrogens is 417 g/mol. The molecular formula is C24H17ClFN3O2. The van der Waals surface area contributed by atoms with Gasteiger partial charge in [-0.1, -0.05) is 29.8 Å². The van der Waals surface area contributed by atoms with Gasteiger partial charge in [-0.05, 0) is 48.5 Å². The molecule has 2 aromatic heterocycles. The highest BCUT2D eigenvalue weighted by molar-refractivity contribution is 6.31. The fourth-order valence-electron chi connectivity index (χ4n) is 3.77. The third-order valence-electron chi connectivity index (χ3n) is 5.32. The Morgan fingerprint density at radius 1 is 1.00 bits per heavy atom. The van der Waals surface area contributed by atoms with Crippen LogP contribution in [0.4, 0.5) is 4.39 Å². The number of rotatable bonds is 4. The molecule has 2 heterocycles. The summed E-state index contributed by atoms with van der Waals surface area (Å²) in [6, 6.07) is 20.9. The van der Waals surface area contributed by atoms with E-state index in [0.29, 0.717) is 33.3 Å². The van der Waals surface area contributed by atoms with E-state index >= 15 is 0 Å². The van der Waals surface area contributed by atoms with Crippen LogP contribution < -0.4 is 10.3 Å². The molecule has 0 unspecified atom stereocenters. The van der Waals surface area contributed by atoms with Gasteiger partial charge in [0.15, 0.2) is 0 Å². The Kier molecular flexibility index (Phi) is 4.71. The number of nitrogens with zero attached hydrogens (tertiary/aromatic N) is 3. The molecule has 0 amide bonds. The minimum atomic E-state index is -0.405. The van der Waals surface area contributed by atoms with Crippen LogP contribution in [0.5, 0.6) is 5.75 Å². The van der Waals surface area contributed by atoms with Crippen molar-refractivity contribution in [1.82, 2.24) is 14.0 Å². The van der Waals surface area contributed by atoms with E-state index in [9.17, 15) is 9.18 Å². The number of ether oxygens (including phenoxy) is 1. The zero-order valence-corrected chi connectivity index (χ0v) is 17.3. The number of para-hydroxylation sites is 2. The summed E-state index contributed by atoms with van der Waals surface area (Å²) in [6.07, 6.45) is 0. The van der Waals surface area contributed by atoms with Crippen LogP contribution in [0.15, 0.2) is 77.6 Å². The summed E-state index contributed by atoms with van der Waals surface area (Å²) >= 11 is 6.28. The lowest BCUT2D eigenvalue weighted by atomic mass is 10.1. The molecule has 7 heteroatoms. The summed E-state index contributed by atoms with van der Waals surface area (Å²) in [7, 11) is 1.60. The Balaban J connectivity index is 1.78. The van der Waals surface area contributed by atoms with Gasteiger partial charge in [-0.3, -0.25) is 4.79 Å². The Hall–Kier alpha value is -3.64. The fourth-order valence-corrected chi connectivity index (χ4v) is 4.00. The van der Waals surface area contributed by atoms with Crippen LogP contribution in [-0.2, 0) is 6.54 Å². The number of hydrogen-bond donors (Lipinski definition) is 0. The van der Waals surface area contributed by atoms with E-state index in [4.69, 9.17) is 21.3 Å². The molecule has 3 aromatic carbocycles. The highest BCUT2D eigenvalue weighted by atomic mass is 35.5. The number of fused-ring (bicyclic) bond motifs is 3. The topological polar surface area (TPSA) is 48.5 Å². The van der Waals surface area contributed by atoms with Crippen molar-refractivity contribution in [3.05, 3.63) is 99.6 Å². The smallest absolute Gasteiger partial charge is 0.260 e. The summed E-state index contributed by atoms with van der Waals surface area (Å²) in [6.45, 7) is 0.140. The first-order chi connectivity index (χ1) is 15.1. The largest absolute Gasteiger partial charge is 0.497 e. The van der Waals surface area contributed by atoms with Crippen LogP contribution in [0.25, 0.3) is 28.1 Å². The van der Waals surface area contributed by atoms with Gasteiger partial charge >= 0.3 is 0 Å². The molecule has 0 N–H and O–H groups in total. The molecule has 5 aromatic rings. The van der Waals surface area contributed by atoms with Crippen molar-refractivity contribution in [1.29, 1.82) is 0 Å². The van der Waals surface area contributed by atoms with Crippen molar-refractivity contribution in [3.63, 3.8) is 0 Å². The maximum atomic E-state index is 14.5. The van der Waals surface area contributed by atoms with Crippen molar-refractivity contribution in [2.24, 2.45) is 0 Å². The van der Waals surface area contributed by atoms with E-state index in [1.165, 1.54) is 16.5 Å². The summed E-state index contributed by atoms with van der Waals surface area (Å²) in [5.74, 6) is 0.723. The summed E-state index contributed by atoms with van der Waals surface area (Å²) < 4.78 is 23.1. The van der Waals surface area contributed by atoms with Crippen LogP contribution in [0.1, 0.15) is 5.56 Å². The van der Waals surface area contributed by atoms with E-state index in [0.717, 1.165) is 11.1 Å². The molecule has 5 nitrogen and oxygen atoms in total. The van der Waals surface area contributed by atoms with Crippen molar-refractivity contribution in [3.8, 4) is 17.0 Å². The van der Waals surface area contributed by atoms with Crippen molar-refractivity contribution < 1.29 is 9.13 Å². The number of hydrogen-bond acceptors (Lipinski definition) is 3. The van der Waals surface area contributed by atoms with Crippen molar-refractivity contribution >= 4 is 28.4 Å². The number of methoxy groups -OCH3 is 1. The van der Waals surface area contributed by atoms with E-state index in [1.807, 2.05) is 53.1 Å². The van der Waals surface area contributed by atoms with Crippen molar-refractivity contribution in [2.75, 3.05) is 7.11 Å². The molecule has 154 valence electrons. The first-order valence-electron chi connectivity index (χ1n) is 9.65. The standard InChI is InChI=1S/C24H17ClFN3O2/c1-31-16-11-9-15(10-12-16)20-13-23(30)29-22-8-3-2-7-21(22)28(24(29)27-20)14-17-18(25)5-4-6-19(17)26/h2-13H,14H2,1H3. The van der Waals surface area contributed by atoms with Gasteiger partial charge in [-0.25, -0.2) is 13.8 Å². The average molecular weight is 434 g/mol. The van der Waals surface area contributed by atoms with Crippen LogP contribution in [0, 0.1) is 5.82 Å². The van der Waals surface area contributed by atoms with Gasteiger partial charge in [0.2, 0.25) is 5.78 Å². The molecule has 0 spiro atoms. The Morgan fingerprint density at radius 3 is 2.45 bits per heavy atom. The van der Waals surface area contributed by atoms with Gasteiger partial charge in [-0.15, -0.1) is 0 Å². The lowest BCUT2D eigenvalue weighted by molar-refractivity contribution is 0.415. The monoisotopic (exact) mass is 433 g/mol. The Morgan fingerprint density at radius 2 is 1.74 bits per heavy atom. The highest BCUT2D eigenvalue weighted by Gasteiger charge is 2.17. The van der Waals surface area contributed by atoms with Gasteiger partial charge < -0.3 is 9.30 Å². The average Bonchev–Trinajstić information content (AvgIpc) is 3.10. The Labute approximate surface area is 181 Å². The molecule has 0 aliphatic carbocycles. The summed E-state index contributed by atoms with van der Waals surface area (Å²) in [4.78, 5) is 17.9. The van der Waals surface area contributed by atoms with Gasteiger partial charge in [-0.2, -0.15) is 0 Å². The normalized spacial score (nSPS) is 11.3. The molecule has 0 aliphatic rings. The number of aromatic nitrogens is 3. The second-order valence-electron chi connectivity index (χ2n) is 7.12. The maximum Gasteiger partial charge on any atom is 0.260 e. The lowest BCUT2D eigenvalue weighted by Crippen LogP contribution is -2.15. The van der Waals surface area contributed by atoms with Gasteiger partial charge in [0, 0.05) is 22.2 Å². The molecule has 0 radical (unpaired) electrons. The highest BCUT2D eigenvalue weighted by Crippen LogP contribution is 2.26. The quantitative estimate of drug-likeness (QED) is 0.393. The summed E-state index contributed by atoms with van der Waals surface area (Å²) in [5, 5.41) is 0.324. The third-order valence-corrected chi connectivity index (χ3v) is 5.67. The fraction of sp³-hybridized carbons (Fsp3) is 0.0833. The number of benzene rings is 3. The zero-order chi connectivity index (χ0) is 21.5. The predicted molar refractivity (Wildman–Crippen MR) is 119 cm³/mol. The van der Waals surface area contributed by atoms with Gasteiger partial charge in [0.25, 0.3) is 5.56 Å². The lowest BCUT2D eigenvalue weighted by Gasteiger charge is -2.10. The molecule has 0 saturated carbocycles. The van der Waals surface area contributed by atoms with Crippen LogP contribution in [0.3, 0.4) is 0 Å². The minimum absolute atomic E-state index is 0.140. The van der Waals surface area contributed by atoms with E-state index < -0.39 is 5.82 Å². The van der Waals surface area contributed by atoms with Crippen LogP contribution in [0.2, 0.25) is 5.02 Å². The number of halogens is 2. The van der Waals surface area contributed by atoms with Gasteiger partial charge in [0.05, 0.1) is 30.4 Å². The molecule has 0 atom stereocenters. The minimum Gasteiger partial charge on any atom is -0.497 e. The molecule has 0 bridgehead atoms. The number of imidazole rings is 1. The molecule has 31 heavy (non-hydrogen) atoms. The zero-order valence-electron chi connectivity index (χ0n) is 16.5. The Bertz CT molecular complexity index is 1470. The van der Waals surface area contributed by atoms with E-state index in [-0.39, 0.29) is 12.1 Å². The van der Waals surface area contributed by atoms with Crippen LogP contribution in [-0.4, -0.2) is 21.1 Å². The summed E-state index contributed by atoms with van der Waals surface area (Å²) in [5.41, 5.74) is 2.89. The third kappa shape index (κ3) is 3.25.